The van der Waals surface area contributed by atoms with Gasteiger partial charge in [0.05, 0.1) is 0 Å². The number of hydrogen-bond acceptors (Lipinski definition) is 12. The molecule has 144 valence electrons. The standard InChI is InChI=1S/H4N24P4/c1-9-15-26(16-10-2)21-25(7,8)22-27(17-11-3,18-12-4)24-28(23-26,19-13-5)20-14-6/h7-8H2. The van der Waals surface area contributed by atoms with Crippen molar-refractivity contribution in [1.82, 2.24) is 0 Å². The minimum absolute atomic E-state index is 2.41. The summed E-state index contributed by atoms with van der Waals surface area (Å²) in [5, 5.41) is 0. The van der Waals surface area contributed by atoms with Gasteiger partial charge in [0.25, 0.3) is 22.5 Å². The fraction of sp³-hybridized carbons (Fsp3) is 0. The van der Waals surface area contributed by atoms with Crippen LogP contribution in [0.3, 0.4) is 0 Å². The number of nitrogens with zero attached hydrogens (tertiary/aromatic N) is 22. The van der Waals surface area contributed by atoms with Crippen molar-refractivity contribution in [2.75, 3.05) is 0 Å². The second-order valence-electron chi connectivity index (χ2n) is 3.74. The highest BCUT2D eigenvalue weighted by Crippen LogP contribution is 2.79. The van der Waals surface area contributed by atoms with Gasteiger partial charge >= 0.3 is 0 Å². The lowest BCUT2D eigenvalue weighted by atomic mass is 13.0. The molecule has 0 radical (unpaired) electrons. The van der Waals surface area contributed by atoms with Crippen molar-refractivity contribution in [3.05, 3.63) is 62.7 Å². The predicted octanol–water partition coefficient (Wildman–Crippen LogP) is 7.56. The molecule has 0 aromatic carbocycles. The molecule has 0 amide bonds. The molecular formula is H4N24P4. The van der Waals surface area contributed by atoms with Crippen LogP contribution in [0.15, 0.2) is 47.4 Å². The molecule has 0 atom stereocenters. The Kier molecular flexibility index (Phi) is 7.36. The van der Waals surface area contributed by atoms with Crippen molar-refractivity contribution in [2.24, 2.45) is 58.4 Å². The Balaban J connectivity index is 4.59. The highest BCUT2D eigenvalue weighted by molar-refractivity contribution is 7.84. The Morgan fingerprint density at radius 2 is 0.714 bits per heavy atom. The number of rotatable bonds is 6. The number of azide groups is 3. The fourth-order valence-corrected chi connectivity index (χ4v) is 11.3. The summed E-state index contributed by atoms with van der Waals surface area (Å²) in [4.78, 5) is 33.4. The fourth-order valence-electron chi connectivity index (χ4n) is 1.37. The maximum Gasteiger partial charge on any atom is 0.256 e. The van der Waals surface area contributed by atoms with Gasteiger partial charge in [-0.25, -0.2) is 18.1 Å². The first-order chi connectivity index (χ1) is 13.2. The van der Waals surface area contributed by atoms with E-state index < -0.39 is 30.0 Å². The van der Waals surface area contributed by atoms with Crippen LogP contribution in [0.25, 0.3) is 62.7 Å². The van der Waals surface area contributed by atoms with E-state index in [1.165, 1.54) is 0 Å². The van der Waals surface area contributed by atoms with Gasteiger partial charge < -0.3 is 0 Å². The molecule has 1 aliphatic rings. The van der Waals surface area contributed by atoms with Crippen LogP contribution in [0.2, 0.25) is 0 Å². The molecule has 28 heavy (non-hydrogen) atoms. The third-order valence-electron chi connectivity index (χ3n) is 1.97. The van der Waals surface area contributed by atoms with Crippen molar-refractivity contribution >= 4 is 30.0 Å². The van der Waals surface area contributed by atoms with Crippen LogP contribution in [0.5, 0.6) is 0 Å². The van der Waals surface area contributed by atoms with E-state index >= 15 is 0 Å². The number of hydrogen-bond donors (Lipinski definition) is 2. The maximum absolute atomic E-state index is 8.83. The van der Waals surface area contributed by atoms with E-state index in [0.29, 0.717) is 0 Å². The van der Waals surface area contributed by atoms with Crippen LogP contribution >= 0.6 is 30.0 Å². The van der Waals surface area contributed by atoms with Crippen molar-refractivity contribution in [2.45, 2.75) is 0 Å². The van der Waals surface area contributed by atoms with Gasteiger partial charge in [-0.05, 0) is 62.5 Å². The monoisotopic (exact) mass is 464 g/mol. The van der Waals surface area contributed by atoms with Gasteiger partial charge in [-0.2, -0.15) is 0 Å². The molecular weight excluding hydrogens is 460 g/mol. The summed E-state index contributed by atoms with van der Waals surface area (Å²) in [5.41, 5.74) is 64.2. The van der Waals surface area contributed by atoms with Gasteiger partial charge in [-0.3, -0.25) is 11.0 Å². The van der Waals surface area contributed by atoms with Gasteiger partial charge in [0, 0.05) is 29.5 Å². The predicted molar refractivity (Wildman–Crippen MR) is 101 cm³/mol. The summed E-state index contributed by atoms with van der Waals surface area (Å²) >= 11 is 0. The van der Waals surface area contributed by atoms with E-state index in [0.717, 1.165) is 0 Å². The smallest absolute Gasteiger partial charge is 0.256 e. The van der Waals surface area contributed by atoms with Crippen molar-refractivity contribution in [1.29, 1.82) is 0 Å². The highest BCUT2D eigenvalue weighted by atomic mass is 31.3. The zero-order valence-corrected chi connectivity index (χ0v) is 16.4. The summed E-state index contributed by atoms with van der Waals surface area (Å²) in [7, 11) is -17.1. The zero-order valence-electron chi connectivity index (χ0n) is 12.8. The third-order valence-corrected chi connectivity index (χ3v) is 11.9. The molecule has 0 aromatic heterocycles. The Hall–Kier alpha value is -3.30. The maximum atomic E-state index is 8.83. The summed E-state index contributed by atoms with van der Waals surface area (Å²) in [6.45, 7) is 0. The van der Waals surface area contributed by atoms with Crippen LogP contribution in [-0.4, -0.2) is 0 Å². The van der Waals surface area contributed by atoms with E-state index in [1.54, 1.807) is 0 Å². The zero-order chi connectivity index (χ0) is 21.3. The van der Waals surface area contributed by atoms with Crippen molar-refractivity contribution < 1.29 is 0 Å². The molecule has 0 saturated heterocycles. The minimum Gasteiger partial charge on any atom is -0.267 e. The second kappa shape index (κ2) is 9.07. The van der Waals surface area contributed by atoms with Crippen LogP contribution in [0.1, 0.15) is 0 Å². The summed E-state index contributed by atoms with van der Waals surface area (Å²) in [6, 6.07) is 0. The van der Waals surface area contributed by atoms with E-state index in [9.17, 15) is 0 Å². The molecule has 0 spiro atoms. The molecule has 0 bridgehead atoms. The Labute approximate surface area is 151 Å². The van der Waals surface area contributed by atoms with Crippen molar-refractivity contribution in [3.63, 3.8) is 0 Å². The lowest BCUT2D eigenvalue weighted by Crippen LogP contribution is -2.02. The molecule has 24 nitrogen and oxygen atoms in total. The SMILES string of the molecule is [N-]=[N+]=NP1(N=[N+]=[N-])=NP(N)(N)=NP(N=[N+]=[N-])(N=[N+]=[N-])=NP(N=[N+]=[N-])(N=[N+]=[N-])=N1. The first-order valence-corrected chi connectivity index (χ1v) is 12.3. The quantitative estimate of drug-likeness (QED) is 0.174. The van der Waals surface area contributed by atoms with Gasteiger partial charge in [0.15, 0.2) is 0 Å². The molecule has 4 N–H and O–H groups in total. The second-order valence-corrected chi connectivity index (χ2v) is 12.3. The molecule has 1 heterocycles. The molecule has 1 aliphatic heterocycles. The van der Waals surface area contributed by atoms with Crippen LogP contribution in [0, 0.1) is 0 Å². The van der Waals surface area contributed by atoms with Gasteiger partial charge in [0.2, 0.25) is 7.51 Å². The molecule has 0 fully saturated rings. The summed E-state index contributed by atoms with van der Waals surface area (Å²) < 4.78 is 14.7. The van der Waals surface area contributed by atoms with E-state index in [2.05, 4.69) is 76.8 Å². The molecule has 0 saturated carbocycles. The first-order valence-electron chi connectivity index (χ1n) is 5.72. The largest absolute Gasteiger partial charge is 0.267 e. The van der Waals surface area contributed by atoms with Crippen LogP contribution in [-0.2, 0) is 0 Å². The van der Waals surface area contributed by atoms with Crippen LogP contribution < -0.4 is 11.0 Å². The van der Waals surface area contributed by atoms with E-state index in [4.69, 9.17) is 44.2 Å². The third kappa shape index (κ3) is 5.35. The van der Waals surface area contributed by atoms with Gasteiger partial charge in [-0.15, -0.1) is 0 Å². The van der Waals surface area contributed by atoms with Crippen molar-refractivity contribution in [3.8, 4) is 0 Å². The molecule has 28 heteroatoms. The molecule has 1 rings (SSSR count). The van der Waals surface area contributed by atoms with Crippen LogP contribution in [0.4, 0.5) is 0 Å². The Morgan fingerprint density at radius 1 is 0.464 bits per heavy atom. The minimum atomic E-state index is -4.45. The number of nitrogens with two attached hydrogens (primary N) is 2. The first kappa shape index (κ1) is 22.7. The Morgan fingerprint density at radius 3 is 1.00 bits per heavy atom. The topological polar surface area (TPSA) is 394 Å². The summed E-state index contributed by atoms with van der Waals surface area (Å²) in [6.07, 6.45) is 0. The molecule has 0 aliphatic carbocycles. The summed E-state index contributed by atoms with van der Waals surface area (Å²) in [5.74, 6) is 0. The molecule has 0 unspecified atom stereocenters. The normalized spacial score (nSPS) is 29.5. The molecule has 0 aromatic rings. The van der Waals surface area contributed by atoms with Gasteiger partial charge in [0.1, 0.15) is 0 Å². The van der Waals surface area contributed by atoms with E-state index in [1.807, 2.05) is 0 Å². The lowest BCUT2D eigenvalue weighted by molar-refractivity contribution is 1.41. The lowest BCUT2D eigenvalue weighted by Gasteiger charge is -2.22. The van der Waals surface area contributed by atoms with E-state index in [-0.39, 0.29) is 0 Å². The highest BCUT2D eigenvalue weighted by Gasteiger charge is 2.33. The Bertz CT molecular complexity index is 1080. The average molecular weight is 464 g/mol. The average Bonchev–Trinajstić information content (AvgIpc) is 2.54. The van der Waals surface area contributed by atoms with Gasteiger partial charge in [-0.1, -0.05) is 0 Å².